The van der Waals surface area contributed by atoms with E-state index in [0.717, 1.165) is 19.3 Å². The summed E-state index contributed by atoms with van der Waals surface area (Å²) in [5, 5.41) is 0. The standard InChI is InChI=1S/C14H18FNO2S/c1-9-6-12(4-5-13(9)15)19(17,18)16-14-8-10-2-3-11(14)7-10/h4-6,10-11,14,16H,2-3,7-8H2,1H3/t10-,11+,14+/m0/s1. The van der Waals surface area contributed by atoms with Crippen LogP contribution < -0.4 is 4.72 Å². The summed E-state index contributed by atoms with van der Waals surface area (Å²) >= 11 is 0. The van der Waals surface area contributed by atoms with Crippen molar-refractivity contribution in [3.63, 3.8) is 0 Å². The molecule has 0 spiro atoms. The lowest BCUT2D eigenvalue weighted by molar-refractivity contribution is 0.390. The lowest BCUT2D eigenvalue weighted by atomic mass is 9.96. The van der Waals surface area contributed by atoms with Gasteiger partial charge < -0.3 is 0 Å². The van der Waals surface area contributed by atoms with Crippen LogP contribution in [-0.2, 0) is 10.0 Å². The molecule has 3 atom stereocenters. The summed E-state index contributed by atoms with van der Waals surface area (Å²) in [6.45, 7) is 1.58. The van der Waals surface area contributed by atoms with Crippen LogP contribution in [0.4, 0.5) is 4.39 Å². The highest BCUT2D eigenvalue weighted by Crippen LogP contribution is 2.44. The van der Waals surface area contributed by atoms with Crippen molar-refractivity contribution in [3.05, 3.63) is 29.6 Å². The second-order valence-electron chi connectivity index (χ2n) is 5.81. The van der Waals surface area contributed by atoms with E-state index in [4.69, 9.17) is 0 Å². The molecule has 19 heavy (non-hydrogen) atoms. The van der Waals surface area contributed by atoms with Crippen molar-refractivity contribution in [3.8, 4) is 0 Å². The Labute approximate surface area is 113 Å². The molecule has 2 bridgehead atoms. The van der Waals surface area contributed by atoms with Gasteiger partial charge in [0.2, 0.25) is 10.0 Å². The van der Waals surface area contributed by atoms with E-state index in [0.29, 0.717) is 17.4 Å². The molecule has 0 saturated heterocycles. The number of halogens is 1. The van der Waals surface area contributed by atoms with E-state index in [-0.39, 0.29) is 16.8 Å². The maximum atomic E-state index is 13.2. The van der Waals surface area contributed by atoms with Gasteiger partial charge in [0.15, 0.2) is 0 Å². The van der Waals surface area contributed by atoms with Gasteiger partial charge in [-0.05, 0) is 61.8 Å². The Kier molecular flexibility index (Phi) is 3.14. The Bertz CT molecular complexity index is 599. The second-order valence-corrected chi connectivity index (χ2v) is 7.53. The molecule has 2 aliphatic rings. The highest BCUT2D eigenvalue weighted by atomic mass is 32.2. The van der Waals surface area contributed by atoms with Gasteiger partial charge in [-0.1, -0.05) is 6.42 Å². The van der Waals surface area contributed by atoms with Crippen LogP contribution in [-0.4, -0.2) is 14.5 Å². The molecule has 0 heterocycles. The molecule has 104 valence electrons. The van der Waals surface area contributed by atoms with Crippen molar-refractivity contribution in [2.75, 3.05) is 0 Å². The number of hydrogen-bond acceptors (Lipinski definition) is 2. The zero-order valence-electron chi connectivity index (χ0n) is 10.9. The molecule has 5 heteroatoms. The molecule has 0 amide bonds. The summed E-state index contributed by atoms with van der Waals surface area (Å²) in [5.74, 6) is 0.799. The van der Waals surface area contributed by atoms with Crippen LogP contribution in [0.2, 0.25) is 0 Å². The van der Waals surface area contributed by atoms with Crippen LogP contribution in [0.15, 0.2) is 23.1 Å². The van der Waals surface area contributed by atoms with Crippen molar-refractivity contribution in [2.24, 2.45) is 11.8 Å². The molecule has 1 aromatic rings. The van der Waals surface area contributed by atoms with E-state index in [2.05, 4.69) is 4.72 Å². The van der Waals surface area contributed by atoms with Crippen LogP contribution in [0.25, 0.3) is 0 Å². The monoisotopic (exact) mass is 283 g/mol. The van der Waals surface area contributed by atoms with Gasteiger partial charge >= 0.3 is 0 Å². The molecule has 1 N–H and O–H groups in total. The third-order valence-electron chi connectivity index (χ3n) is 4.48. The fourth-order valence-electron chi connectivity index (χ4n) is 3.44. The average molecular weight is 283 g/mol. The van der Waals surface area contributed by atoms with E-state index < -0.39 is 10.0 Å². The lowest BCUT2D eigenvalue weighted by Crippen LogP contribution is -2.38. The normalized spacial score (nSPS) is 29.9. The summed E-state index contributed by atoms with van der Waals surface area (Å²) in [6.07, 6.45) is 4.46. The highest BCUT2D eigenvalue weighted by molar-refractivity contribution is 7.89. The van der Waals surface area contributed by atoms with Gasteiger partial charge in [-0.3, -0.25) is 0 Å². The second kappa shape index (κ2) is 4.56. The molecule has 0 aliphatic heterocycles. The molecule has 2 aliphatic carbocycles. The molecular weight excluding hydrogens is 265 g/mol. The van der Waals surface area contributed by atoms with Crippen LogP contribution in [0.5, 0.6) is 0 Å². The summed E-state index contributed by atoms with van der Waals surface area (Å²) in [5.41, 5.74) is 0.357. The number of aryl methyl sites for hydroxylation is 1. The largest absolute Gasteiger partial charge is 0.240 e. The van der Waals surface area contributed by atoms with Crippen molar-refractivity contribution < 1.29 is 12.8 Å². The smallest absolute Gasteiger partial charge is 0.208 e. The predicted molar refractivity (Wildman–Crippen MR) is 70.7 cm³/mol. The van der Waals surface area contributed by atoms with Gasteiger partial charge in [-0.15, -0.1) is 0 Å². The number of sulfonamides is 1. The highest BCUT2D eigenvalue weighted by Gasteiger charge is 2.41. The van der Waals surface area contributed by atoms with Gasteiger partial charge in [0.1, 0.15) is 5.82 Å². The fraction of sp³-hybridized carbons (Fsp3) is 0.571. The molecule has 0 unspecified atom stereocenters. The summed E-state index contributed by atoms with van der Waals surface area (Å²) < 4.78 is 40.6. The Hall–Kier alpha value is -0.940. The number of rotatable bonds is 3. The van der Waals surface area contributed by atoms with Gasteiger partial charge in [0.25, 0.3) is 0 Å². The predicted octanol–water partition coefficient (Wildman–Crippen LogP) is 2.60. The van der Waals surface area contributed by atoms with Crippen molar-refractivity contribution in [2.45, 2.75) is 43.5 Å². The Morgan fingerprint density at radius 2 is 2.05 bits per heavy atom. The third-order valence-corrected chi connectivity index (χ3v) is 5.97. The van der Waals surface area contributed by atoms with Crippen LogP contribution in [0.1, 0.15) is 31.2 Å². The molecule has 0 radical (unpaired) electrons. The summed E-state index contributed by atoms with van der Waals surface area (Å²) in [4.78, 5) is 0.161. The van der Waals surface area contributed by atoms with Gasteiger partial charge in [-0.2, -0.15) is 0 Å². The van der Waals surface area contributed by atoms with Crippen LogP contribution in [0, 0.1) is 24.6 Å². The quantitative estimate of drug-likeness (QED) is 0.927. The first-order valence-corrected chi connectivity index (χ1v) is 8.22. The maximum absolute atomic E-state index is 13.2. The number of benzene rings is 1. The van der Waals surface area contributed by atoms with Crippen LogP contribution >= 0.6 is 0 Å². The molecule has 3 nitrogen and oxygen atoms in total. The van der Waals surface area contributed by atoms with E-state index in [9.17, 15) is 12.8 Å². The molecule has 2 saturated carbocycles. The first-order valence-electron chi connectivity index (χ1n) is 6.74. The summed E-state index contributed by atoms with van der Waals surface area (Å²) in [6, 6.07) is 4.00. The Morgan fingerprint density at radius 3 is 2.63 bits per heavy atom. The van der Waals surface area contributed by atoms with Gasteiger partial charge in [0, 0.05) is 6.04 Å². The molecule has 2 fully saturated rings. The van der Waals surface area contributed by atoms with Gasteiger partial charge in [-0.25, -0.2) is 17.5 Å². The number of nitrogens with one attached hydrogen (secondary N) is 1. The van der Waals surface area contributed by atoms with Crippen molar-refractivity contribution in [1.82, 2.24) is 4.72 Å². The Morgan fingerprint density at radius 1 is 1.26 bits per heavy atom. The lowest BCUT2D eigenvalue weighted by Gasteiger charge is -2.22. The van der Waals surface area contributed by atoms with E-state index >= 15 is 0 Å². The third kappa shape index (κ3) is 2.41. The van der Waals surface area contributed by atoms with Crippen molar-refractivity contribution >= 4 is 10.0 Å². The number of fused-ring (bicyclic) bond motifs is 2. The average Bonchev–Trinajstić information content (AvgIpc) is 2.94. The fourth-order valence-corrected chi connectivity index (χ4v) is 4.84. The van der Waals surface area contributed by atoms with E-state index in [1.165, 1.54) is 24.6 Å². The minimum Gasteiger partial charge on any atom is -0.208 e. The molecule has 0 aromatic heterocycles. The SMILES string of the molecule is Cc1cc(S(=O)(=O)N[C@@H]2C[C@H]3CC[C@@H]2C3)ccc1F. The maximum Gasteiger partial charge on any atom is 0.240 e. The van der Waals surface area contributed by atoms with E-state index in [1.807, 2.05) is 0 Å². The van der Waals surface area contributed by atoms with Crippen molar-refractivity contribution in [1.29, 1.82) is 0 Å². The van der Waals surface area contributed by atoms with Gasteiger partial charge in [0.05, 0.1) is 4.90 Å². The zero-order valence-corrected chi connectivity index (χ0v) is 11.7. The topological polar surface area (TPSA) is 46.2 Å². The number of hydrogen-bond donors (Lipinski definition) is 1. The van der Waals surface area contributed by atoms with Crippen LogP contribution in [0.3, 0.4) is 0 Å². The Balaban J connectivity index is 1.80. The molecular formula is C14H18FNO2S. The molecule has 1 aromatic carbocycles. The molecule has 3 rings (SSSR count). The minimum atomic E-state index is -3.52. The minimum absolute atomic E-state index is 0.0640. The zero-order chi connectivity index (χ0) is 13.6. The summed E-state index contributed by atoms with van der Waals surface area (Å²) in [7, 11) is -3.52. The first kappa shape index (κ1) is 13.1. The van der Waals surface area contributed by atoms with E-state index in [1.54, 1.807) is 6.92 Å². The first-order chi connectivity index (χ1) is 8.95.